The molecule has 0 radical (unpaired) electrons. The third kappa shape index (κ3) is 2.33. The van der Waals surface area contributed by atoms with Crippen LogP contribution in [-0.4, -0.2) is 23.1 Å². The van der Waals surface area contributed by atoms with Gasteiger partial charge in [-0.25, -0.2) is 0 Å². The zero-order valence-electron chi connectivity index (χ0n) is 7.31. The summed E-state index contributed by atoms with van der Waals surface area (Å²) in [5, 5.41) is 9.17. The standard InChI is InChI=1S/C7H9NO5S/c1-4-5(3-14(11,12)13)7(10)8-2-6(4)9/h2,9H,3H2,1H3,(H,8,10)(H,11,12,13). The molecule has 14 heavy (non-hydrogen) atoms. The van der Waals surface area contributed by atoms with E-state index in [4.69, 9.17) is 4.55 Å². The molecule has 0 aliphatic heterocycles. The normalized spacial score (nSPS) is 11.6. The molecule has 7 heteroatoms. The molecule has 1 aromatic heterocycles. The van der Waals surface area contributed by atoms with Crippen molar-refractivity contribution in [3.8, 4) is 5.75 Å². The summed E-state index contributed by atoms with van der Waals surface area (Å²) in [7, 11) is -4.27. The van der Waals surface area contributed by atoms with Crippen molar-refractivity contribution in [2.24, 2.45) is 0 Å². The van der Waals surface area contributed by atoms with Crippen LogP contribution in [0.3, 0.4) is 0 Å². The van der Waals surface area contributed by atoms with Crippen LogP contribution in [0.5, 0.6) is 5.75 Å². The minimum absolute atomic E-state index is 0.145. The van der Waals surface area contributed by atoms with Gasteiger partial charge in [0.05, 0.1) is 0 Å². The van der Waals surface area contributed by atoms with Crippen molar-refractivity contribution in [1.29, 1.82) is 0 Å². The highest BCUT2D eigenvalue weighted by atomic mass is 32.2. The Morgan fingerprint density at radius 2 is 2.07 bits per heavy atom. The Kier molecular flexibility index (Phi) is 2.63. The molecule has 0 unspecified atom stereocenters. The van der Waals surface area contributed by atoms with E-state index >= 15 is 0 Å². The van der Waals surface area contributed by atoms with Gasteiger partial charge in [0, 0.05) is 17.3 Å². The van der Waals surface area contributed by atoms with Gasteiger partial charge in [-0.15, -0.1) is 0 Å². The number of H-pyrrole nitrogens is 1. The van der Waals surface area contributed by atoms with E-state index in [1.165, 1.54) is 6.92 Å². The van der Waals surface area contributed by atoms with Gasteiger partial charge in [-0.05, 0) is 6.92 Å². The Balaban J connectivity index is 3.34. The Hall–Kier alpha value is -1.34. The molecule has 0 amide bonds. The zero-order chi connectivity index (χ0) is 10.9. The van der Waals surface area contributed by atoms with E-state index in [0.717, 1.165) is 6.20 Å². The summed E-state index contributed by atoms with van der Waals surface area (Å²) in [6.45, 7) is 1.39. The fraction of sp³-hybridized carbons (Fsp3) is 0.286. The predicted octanol–water partition coefficient (Wildman–Crippen LogP) is -0.223. The average Bonchev–Trinajstić information content (AvgIpc) is 2.04. The van der Waals surface area contributed by atoms with Gasteiger partial charge in [-0.3, -0.25) is 9.35 Å². The number of hydrogen-bond acceptors (Lipinski definition) is 4. The molecule has 0 atom stereocenters. The minimum Gasteiger partial charge on any atom is -0.506 e. The van der Waals surface area contributed by atoms with E-state index in [1.54, 1.807) is 0 Å². The monoisotopic (exact) mass is 219 g/mol. The van der Waals surface area contributed by atoms with Crippen LogP contribution in [0.2, 0.25) is 0 Å². The van der Waals surface area contributed by atoms with E-state index in [2.05, 4.69) is 4.98 Å². The van der Waals surface area contributed by atoms with Crippen molar-refractivity contribution in [3.63, 3.8) is 0 Å². The van der Waals surface area contributed by atoms with Gasteiger partial charge in [0.15, 0.2) is 0 Å². The summed E-state index contributed by atoms with van der Waals surface area (Å²) in [4.78, 5) is 13.3. The SMILES string of the molecule is Cc1c(O)c[nH]c(=O)c1CS(=O)(=O)O. The maximum atomic E-state index is 11.1. The first-order valence-corrected chi connectivity index (χ1v) is 5.27. The van der Waals surface area contributed by atoms with Crippen LogP contribution in [0.25, 0.3) is 0 Å². The summed E-state index contributed by atoms with van der Waals surface area (Å²) in [5.74, 6) is -1.02. The fourth-order valence-electron chi connectivity index (χ4n) is 1.01. The third-order valence-corrected chi connectivity index (χ3v) is 2.43. The molecule has 0 spiro atoms. The van der Waals surface area contributed by atoms with Gasteiger partial charge in [-0.2, -0.15) is 8.42 Å². The molecule has 3 N–H and O–H groups in total. The smallest absolute Gasteiger partial charge is 0.269 e. The molecular weight excluding hydrogens is 210 g/mol. The van der Waals surface area contributed by atoms with E-state index in [1.807, 2.05) is 0 Å². The molecule has 1 heterocycles. The molecule has 78 valence electrons. The van der Waals surface area contributed by atoms with Crippen molar-refractivity contribution >= 4 is 10.1 Å². The van der Waals surface area contributed by atoms with Gasteiger partial charge in [0.1, 0.15) is 11.5 Å². The predicted molar refractivity (Wildman–Crippen MR) is 48.7 cm³/mol. The maximum absolute atomic E-state index is 11.1. The molecular formula is C7H9NO5S. The van der Waals surface area contributed by atoms with Crippen LogP contribution in [-0.2, 0) is 15.9 Å². The molecule has 0 fully saturated rings. The number of hydrogen-bond donors (Lipinski definition) is 3. The summed E-state index contributed by atoms with van der Waals surface area (Å²) in [5.41, 5.74) is -0.656. The molecule has 1 rings (SSSR count). The first-order valence-electron chi connectivity index (χ1n) is 3.66. The summed E-state index contributed by atoms with van der Waals surface area (Å²) in [6, 6.07) is 0. The van der Waals surface area contributed by atoms with Crippen molar-refractivity contribution in [2.45, 2.75) is 12.7 Å². The number of nitrogens with one attached hydrogen (secondary N) is 1. The van der Waals surface area contributed by atoms with E-state index in [-0.39, 0.29) is 16.9 Å². The van der Waals surface area contributed by atoms with Crippen LogP contribution in [0.4, 0.5) is 0 Å². The van der Waals surface area contributed by atoms with Crippen molar-refractivity contribution in [3.05, 3.63) is 27.7 Å². The first kappa shape index (κ1) is 10.7. The second-order valence-corrected chi connectivity index (χ2v) is 4.29. The van der Waals surface area contributed by atoms with E-state index < -0.39 is 21.4 Å². The van der Waals surface area contributed by atoms with Crippen LogP contribution < -0.4 is 5.56 Å². The summed E-state index contributed by atoms with van der Waals surface area (Å²) < 4.78 is 29.6. The van der Waals surface area contributed by atoms with Crippen molar-refractivity contribution < 1.29 is 18.1 Å². The quantitative estimate of drug-likeness (QED) is 0.596. The van der Waals surface area contributed by atoms with Crippen molar-refractivity contribution in [2.75, 3.05) is 0 Å². The van der Waals surface area contributed by atoms with Gasteiger partial charge in [0.25, 0.3) is 15.7 Å². The highest BCUT2D eigenvalue weighted by Crippen LogP contribution is 2.16. The molecule has 1 aromatic rings. The Bertz CT molecular complexity index is 501. The number of aromatic amines is 1. The zero-order valence-corrected chi connectivity index (χ0v) is 8.13. The lowest BCUT2D eigenvalue weighted by Crippen LogP contribution is -2.17. The van der Waals surface area contributed by atoms with Crippen LogP contribution in [0, 0.1) is 6.92 Å². The number of aromatic nitrogens is 1. The Labute approximate surface area is 80.0 Å². The molecule has 0 bridgehead atoms. The average molecular weight is 219 g/mol. The highest BCUT2D eigenvalue weighted by molar-refractivity contribution is 7.85. The molecule has 0 aromatic carbocycles. The molecule has 0 aliphatic carbocycles. The second-order valence-electron chi connectivity index (χ2n) is 2.83. The highest BCUT2D eigenvalue weighted by Gasteiger charge is 2.14. The van der Waals surface area contributed by atoms with Gasteiger partial charge in [-0.1, -0.05) is 0 Å². The molecule has 0 saturated heterocycles. The minimum atomic E-state index is -4.27. The second kappa shape index (κ2) is 3.43. The van der Waals surface area contributed by atoms with Gasteiger partial charge >= 0.3 is 0 Å². The Morgan fingerprint density at radius 3 is 2.57 bits per heavy atom. The molecule has 0 aliphatic rings. The lowest BCUT2D eigenvalue weighted by molar-refractivity contribution is 0.466. The topological polar surface area (TPSA) is 107 Å². The van der Waals surface area contributed by atoms with Crippen LogP contribution in [0.1, 0.15) is 11.1 Å². The molecule has 0 saturated carbocycles. The lowest BCUT2D eigenvalue weighted by Gasteiger charge is -2.03. The fourth-order valence-corrected chi connectivity index (χ4v) is 1.72. The van der Waals surface area contributed by atoms with E-state index in [9.17, 15) is 18.3 Å². The van der Waals surface area contributed by atoms with Crippen molar-refractivity contribution in [1.82, 2.24) is 4.98 Å². The number of pyridine rings is 1. The summed E-state index contributed by atoms with van der Waals surface area (Å²) in [6.07, 6.45) is 1.06. The van der Waals surface area contributed by atoms with Gasteiger partial charge in [0.2, 0.25) is 0 Å². The maximum Gasteiger partial charge on any atom is 0.269 e. The van der Waals surface area contributed by atoms with Crippen LogP contribution in [0.15, 0.2) is 11.0 Å². The third-order valence-electron chi connectivity index (χ3n) is 1.78. The summed E-state index contributed by atoms with van der Waals surface area (Å²) >= 11 is 0. The number of aromatic hydroxyl groups is 1. The largest absolute Gasteiger partial charge is 0.506 e. The van der Waals surface area contributed by atoms with Gasteiger partial charge < -0.3 is 10.1 Å². The Morgan fingerprint density at radius 1 is 1.50 bits per heavy atom. The van der Waals surface area contributed by atoms with E-state index in [0.29, 0.717) is 0 Å². The molecule has 6 nitrogen and oxygen atoms in total. The van der Waals surface area contributed by atoms with Crippen LogP contribution >= 0.6 is 0 Å². The number of rotatable bonds is 2. The lowest BCUT2D eigenvalue weighted by atomic mass is 10.2. The first-order chi connectivity index (χ1) is 6.31.